The summed E-state index contributed by atoms with van der Waals surface area (Å²) >= 11 is 5.88. The Morgan fingerprint density at radius 3 is 2.35 bits per heavy atom. The predicted octanol–water partition coefficient (Wildman–Crippen LogP) is 4.37. The van der Waals surface area contributed by atoms with E-state index >= 15 is 0 Å². The predicted molar refractivity (Wildman–Crippen MR) is 83.7 cm³/mol. The molecule has 1 rings (SSSR count). The fraction of sp³-hybridized carbons (Fsp3) is 0.600. The summed E-state index contributed by atoms with van der Waals surface area (Å²) in [5, 5.41) is 0.683. The first kappa shape index (κ1) is 17.5. The molecule has 0 aliphatic heterocycles. The second-order valence-electron chi connectivity index (χ2n) is 5.09. The van der Waals surface area contributed by atoms with Crippen LogP contribution in [0.25, 0.3) is 0 Å². The summed E-state index contributed by atoms with van der Waals surface area (Å²) in [5.41, 5.74) is 1.08. The highest BCUT2D eigenvalue weighted by atomic mass is 35.5. The van der Waals surface area contributed by atoms with Crippen molar-refractivity contribution in [3.8, 4) is 0 Å². The van der Waals surface area contributed by atoms with Gasteiger partial charge >= 0.3 is 0 Å². The lowest BCUT2D eigenvalue weighted by Gasteiger charge is -2.17. The van der Waals surface area contributed by atoms with Crippen molar-refractivity contribution in [2.45, 2.75) is 44.9 Å². The lowest BCUT2D eigenvalue weighted by molar-refractivity contribution is 0.285. The molecule has 0 radical (unpaired) electrons. The molecule has 5 heteroatoms. The largest absolute Gasteiger partial charge is 0.270 e. The van der Waals surface area contributed by atoms with E-state index in [1.165, 1.54) is 19.3 Å². The zero-order valence-electron chi connectivity index (χ0n) is 12.1. The Labute approximate surface area is 127 Å². The van der Waals surface area contributed by atoms with E-state index < -0.39 is 10.1 Å². The van der Waals surface area contributed by atoms with Gasteiger partial charge in [0.15, 0.2) is 0 Å². The normalized spacial score (nSPS) is 13.3. The molecule has 0 N–H and O–H groups in total. The monoisotopic (exact) mass is 318 g/mol. The third kappa shape index (κ3) is 7.27. The van der Waals surface area contributed by atoms with Gasteiger partial charge in [0, 0.05) is 10.9 Å². The Morgan fingerprint density at radius 1 is 1.15 bits per heavy atom. The topological polar surface area (TPSA) is 43.4 Å². The molecule has 0 fully saturated rings. The molecule has 3 nitrogen and oxygen atoms in total. The molecular weight excluding hydrogens is 296 g/mol. The maximum atomic E-state index is 11.2. The molecule has 0 saturated heterocycles. The molecule has 0 aliphatic carbocycles. The minimum absolute atomic E-state index is 0.0962. The summed E-state index contributed by atoms with van der Waals surface area (Å²) in [5.74, 6) is 0.0962. The average molecular weight is 319 g/mol. The number of unbranched alkanes of at least 4 members (excludes halogenated alkanes) is 3. The third-order valence-electron chi connectivity index (χ3n) is 3.23. The summed E-state index contributed by atoms with van der Waals surface area (Å²) in [6.07, 6.45) is 6.65. The molecule has 0 spiro atoms. The smallest absolute Gasteiger partial charge is 0.264 e. The Morgan fingerprint density at radius 2 is 1.80 bits per heavy atom. The van der Waals surface area contributed by atoms with Crippen LogP contribution in [0.5, 0.6) is 0 Å². The SMILES string of the molecule is CCCCCCC(COS(C)(=O)=O)c1ccc(Cl)cc1. The molecule has 1 atom stereocenters. The van der Waals surface area contributed by atoms with Gasteiger partial charge in [0.2, 0.25) is 0 Å². The highest BCUT2D eigenvalue weighted by Gasteiger charge is 2.14. The molecule has 1 unspecified atom stereocenters. The van der Waals surface area contributed by atoms with E-state index in [0.29, 0.717) is 5.02 Å². The van der Waals surface area contributed by atoms with E-state index in [4.69, 9.17) is 15.8 Å². The van der Waals surface area contributed by atoms with Crippen LogP contribution in [0.1, 0.15) is 50.5 Å². The Balaban J connectivity index is 2.65. The van der Waals surface area contributed by atoms with Crippen LogP contribution in [0, 0.1) is 0 Å². The van der Waals surface area contributed by atoms with Crippen molar-refractivity contribution in [3.05, 3.63) is 34.9 Å². The van der Waals surface area contributed by atoms with Crippen molar-refractivity contribution in [1.82, 2.24) is 0 Å². The Bertz CT molecular complexity index is 482. The van der Waals surface area contributed by atoms with E-state index in [-0.39, 0.29) is 12.5 Å². The van der Waals surface area contributed by atoms with Crippen molar-refractivity contribution in [2.24, 2.45) is 0 Å². The van der Waals surface area contributed by atoms with E-state index in [9.17, 15) is 8.42 Å². The number of benzene rings is 1. The van der Waals surface area contributed by atoms with Crippen LogP contribution in [0.2, 0.25) is 5.02 Å². The van der Waals surface area contributed by atoms with Gasteiger partial charge in [-0.25, -0.2) is 0 Å². The van der Waals surface area contributed by atoms with Gasteiger partial charge in [-0.05, 0) is 24.1 Å². The quantitative estimate of drug-likeness (QED) is 0.501. The Kier molecular flexibility index (Phi) is 7.56. The maximum Gasteiger partial charge on any atom is 0.264 e. The van der Waals surface area contributed by atoms with E-state index in [1.54, 1.807) is 0 Å². The van der Waals surface area contributed by atoms with Gasteiger partial charge in [0.05, 0.1) is 12.9 Å². The van der Waals surface area contributed by atoms with Crippen LogP contribution >= 0.6 is 11.6 Å². The Hall–Kier alpha value is -0.580. The van der Waals surface area contributed by atoms with Gasteiger partial charge in [0.25, 0.3) is 10.1 Å². The number of halogens is 1. The van der Waals surface area contributed by atoms with Crippen LogP contribution in [0.4, 0.5) is 0 Å². The van der Waals surface area contributed by atoms with Crippen LogP contribution in [-0.4, -0.2) is 21.3 Å². The highest BCUT2D eigenvalue weighted by Crippen LogP contribution is 2.25. The average Bonchev–Trinajstić information content (AvgIpc) is 2.38. The van der Waals surface area contributed by atoms with E-state index in [1.807, 2.05) is 24.3 Å². The van der Waals surface area contributed by atoms with Crippen LogP contribution < -0.4 is 0 Å². The second kappa shape index (κ2) is 8.65. The van der Waals surface area contributed by atoms with E-state index in [2.05, 4.69) is 6.92 Å². The summed E-state index contributed by atoms with van der Waals surface area (Å²) in [6, 6.07) is 7.55. The van der Waals surface area contributed by atoms with Gasteiger partial charge in [0.1, 0.15) is 0 Å². The molecule has 0 bridgehead atoms. The maximum absolute atomic E-state index is 11.2. The molecule has 20 heavy (non-hydrogen) atoms. The molecule has 114 valence electrons. The van der Waals surface area contributed by atoms with Gasteiger partial charge in [-0.3, -0.25) is 4.18 Å². The zero-order valence-corrected chi connectivity index (χ0v) is 13.7. The van der Waals surface area contributed by atoms with Gasteiger partial charge in [-0.2, -0.15) is 8.42 Å². The van der Waals surface area contributed by atoms with Gasteiger partial charge in [-0.15, -0.1) is 0 Å². The summed E-state index contributed by atoms with van der Waals surface area (Å²) < 4.78 is 27.3. The van der Waals surface area contributed by atoms with Gasteiger partial charge < -0.3 is 0 Å². The second-order valence-corrected chi connectivity index (χ2v) is 7.17. The molecule has 0 aliphatic rings. The van der Waals surface area contributed by atoms with Crippen LogP contribution in [0.15, 0.2) is 24.3 Å². The first-order chi connectivity index (χ1) is 9.42. The van der Waals surface area contributed by atoms with E-state index in [0.717, 1.165) is 24.7 Å². The fourth-order valence-corrected chi connectivity index (χ4v) is 2.64. The lowest BCUT2D eigenvalue weighted by atomic mass is 9.94. The molecule has 0 aromatic heterocycles. The van der Waals surface area contributed by atoms with Crippen molar-refractivity contribution >= 4 is 21.7 Å². The molecular formula is C15H23ClO3S. The zero-order chi connectivity index (χ0) is 15.0. The summed E-state index contributed by atoms with van der Waals surface area (Å²) in [7, 11) is -3.40. The van der Waals surface area contributed by atoms with Crippen molar-refractivity contribution < 1.29 is 12.6 Å². The molecule has 0 amide bonds. The van der Waals surface area contributed by atoms with Crippen LogP contribution in [0.3, 0.4) is 0 Å². The molecule has 0 saturated carbocycles. The fourth-order valence-electron chi connectivity index (χ4n) is 2.10. The minimum atomic E-state index is -3.40. The first-order valence-corrected chi connectivity index (χ1v) is 9.21. The van der Waals surface area contributed by atoms with Gasteiger partial charge in [-0.1, -0.05) is 56.3 Å². The van der Waals surface area contributed by atoms with Crippen molar-refractivity contribution in [2.75, 3.05) is 12.9 Å². The summed E-state index contributed by atoms with van der Waals surface area (Å²) in [6.45, 7) is 2.37. The molecule has 1 aromatic carbocycles. The number of hydrogen-bond donors (Lipinski definition) is 0. The number of rotatable bonds is 9. The van der Waals surface area contributed by atoms with Crippen LogP contribution in [-0.2, 0) is 14.3 Å². The minimum Gasteiger partial charge on any atom is -0.270 e. The highest BCUT2D eigenvalue weighted by molar-refractivity contribution is 7.85. The first-order valence-electron chi connectivity index (χ1n) is 7.02. The standard InChI is InChI=1S/C15H23ClO3S/c1-3-4-5-6-7-14(12-19-20(2,17)18)13-8-10-15(16)11-9-13/h8-11,14H,3-7,12H2,1-2H3. The third-order valence-corrected chi connectivity index (χ3v) is 4.05. The number of hydrogen-bond acceptors (Lipinski definition) is 3. The summed E-state index contributed by atoms with van der Waals surface area (Å²) in [4.78, 5) is 0. The van der Waals surface area contributed by atoms with Crippen molar-refractivity contribution in [1.29, 1.82) is 0 Å². The molecule has 0 heterocycles. The molecule has 1 aromatic rings. The van der Waals surface area contributed by atoms with Crippen molar-refractivity contribution in [3.63, 3.8) is 0 Å². The lowest BCUT2D eigenvalue weighted by Crippen LogP contribution is -2.12.